The monoisotopic (exact) mass is 470 g/mol. The van der Waals surface area contributed by atoms with Crippen molar-refractivity contribution in [3.8, 4) is 11.3 Å². The zero-order valence-corrected chi connectivity index (χ0v) is 19.2. The Balaban J connectivity index is 1.52. The molecule has 0 amide bonds. The molecule has 4 heterocycles. The van der Waals surface area contributed by atoms with Gasteiger partial charge in [0.2, 0.25) is 0 Å². The molecule has 2 atom stereocenters. The Morgan fingerprint density at radius 1 is 1.09 bits per heavy atom. The lowest BCUT2D eigenvalue weighted by molar-refractivity contribution is 0.0601. The van der Waals surface area contributed by atoms with Gasteiger partial charge < -0.3 is 19.4 Å². The Bertz CT molecular complexity index is 1310. The van der Waals surface area contributed by atoms with Crippen LogP contribution in [0.15, 0.2) is 89.7 Å². The van der Waals surface area contributed by atoms with Crippen LogP contribution in [0, 0.1) is 0 Å². The van der Waals surface area contributed by atoms with Gasteiger partial charge in [-0.25, -0.2) is 4.79 Å². The van der Waals surface area contributed by atoms with E-state index in [0.29, 0.717) is 23.0 Å². The second-order valence-corrected chi connectivity index (χ2v) is 8.27. The minimum atomic E-state index is -0.391. The summed E-state index contributed by atoms with van der Waals surface area (Å²) in [7, 11) is 1.37. The summed E-state index contributed by atoms with van der Waals surface area (Å²) in [5, 5.41) is 4.06. The number of hydrogen-bond acceptors (Lipinski definition) is 6. The fourth-order valence-electron chi connectivity index (χ4n) is 4.15. The lowest BCUT2D eigenvalue weighted by Gasteiger charge is -2.26. The number of pyridine rings is 2. The number of benzene rings is 1. The highest BCUT2D eigenvalue weighted by Gasteiger charge is 2.41. The van der Waals surface area contributed by atoms with Crippen LogP contribution in [-0.2, 0) is 11.3 Å². The number of hydrogen-bond donors (Lipinski definition) is 1. The molecule has 0 aliphatic carbocycles. The maximum absolute atomic E-state index is 12.0. The van der Waals surface area contributed by atoms with E-state index in [9.17, 15) is 4.79 Å². The van der Waals surface area contributed by atoms with E-state index in [1.807, 2.05) is 54.6 Å². The van der Waals surface area contributed by atoms with Crippen molar-refractivity contribution < 1.29 is 13.9 Å². The summed E-state index contributed by atoms with van der Waals surface area (Å²) in [6.07, 6.45) is 5.31. The van der Waals surface area contributed by atoms with Crippen LogP contribution in [0.5, 0.6) is 0 Å². The summed E-state index contributed by atoms with van der Waals surface area (Å²) in [5.41, 5.74) is 3.21. The van der Waals surface area contributed by atoms with Gasteiger partial charge in [0.05, 0.1) is 24.4 Å². The highest BCUT2D eigenvalue weighted by atomic mass is 32.1. The molecular formula is C26H22N4O3S. The number of esters is 1. The molecule has 8 heteroatoms. The third-order valence-corrected chi connectivity index (χ3v) is 6.14. The number of aromatic nitrogens is 2. The fourth-order valence-corrected chi connectivity index (χ4v) is 4.46. The number of nitrogens with one attached hydrogen (secondary N) is 1. The number of methoxy groups -OCH3 is 1. The number of nitrogens with zero attached hydrogens (tertiary/aromatic N) is 3. The number of carbonyl (C=O) groups excluding carboxylic acids is 1. The molecular weight excluding hydrogens is 448 g/mol. The van der Waals surface area contributed by atoms with Gasteiger partial charge in [0.25, 0.3) is 0 Å². The minimum Gasteiger partial charge on any atom is -0.465 e. The van der Waals surface area contributed by atoms with E-state index < -0.39 is 5.97 Å². The van der Waals surface area contributed by atoms with Crippen LogP contribution in [0.25, 0.3) is 11.3 Å². The first-order valence-corrected chi connectivity index (χ1v) is 11.2. The molecule has 1 N–H and O–H groups in total. The summed E-state index contributed by atoms with van der Waals surface area (Å²) in [6.45, 7) is 0.593. The molecule has 0 spiro atoms. The highest BCUT2D eigenvalue weighted by Crippen LogP contribution is 2.41. The van der Waals surface area contributed by atoms with E-state index >= 15 is 0 Å². The average molecular weight is 471 g/mol. The Morgan fingerprint density at radius 3 is 2.71 bits per heavy atom. The third kappa shape index (κ3) is 4.27. The van der Waals surface area contributed by atoms with Gasteiger partial charge in [-0.2, -0.15) is 0 Å². The summed E-state index contributed by atoms with van der Waals surface area (Å²) in [6, 6.07) is 20.4. The van der Waals surface area contributed by atoms with Crippen LogP contribution in [0.2, 0.25) is 0 Å². The lowest BCUT2D eigenvalue weighted by Crippen LogP contribution is -2.29. The summed E-state index contributed by atoms with van der Waals surface area (Å²) >= 11 is 5.73. The second-order valence-electron chi connectivity index (χ2n) is 7.88. The molecule has 7 nitrogen and oxygen atoms in total. The topological polar surface area (TPSA) is 80.5 Å². The molecule has 1 aliphatic heterocycles. The van der Waals surface area contributed by atoms with E-state index in [1.165, 1.54) is 7.11 Å². The predicted molar refractivity (Wildman–Crippen MR) is 131 cm³/mol. The fraction of sp³-hybridized carbons (Fsp3) is 0.154. The zero-order valence-electron chi connectivity index (χ0n) is 18.4. The number of rotatable bonds is 6. The van der Waals surface area contributed by atoms with E-state index in [1.54, 1.807) is 30.7 Å². The first-order chi connectivity index (χ1) is 16.6. The molecule has 0 saturated carbocycles. The molecule has 5 rings (SSSR count). The van der Waals surface area contributed by atoms with Crippen LogP contribution in [-0.4, -0.2) is 33.1 Å². The van der Waals surface area contributed by atoms with Gasteiger partial charge >= 0.3 is 5.97 Å². The average Bonchev–Trinajstić information content (AvgIpc) is 3.50. The molecule has 0 unspecified atom stereocenters. The first kappa shape index (κ1) is 21.8. The predicted octanol–water partition coefficient (Wildman–Crippen LogP) is 4.70. The molecule has 3 aromatic heterocycles. The highest BCUT2D eigenvalue weighted by molar-refractivity contribution is 7.80. The minimum absolute atomic E-state index is 0.184. The largest absolute Gasteiger partial charge is 0.465 e. The molecule has 0 radical (unpaired) electrons. The van der Waals surface area contributed by atoms with Gasteiger partial charge in [-0.1, -0.05) is 18.2 Å². The van der Waals surface area contributed by atoms with E-state index in [0.717, 1.165) is 22.6 Å². The smallest absolute Gasteiger partial charge is 0.337 e. The summed E-state index contributed by atoms with van der Waals surface area (Å²) in [5.74, 6) is 1.01. The van der Waals surface area contributed by atoms with Gasteiger partial charge in [0.1, 0.15) is 17.6 Å². The normalized spacial score (nSPS) is 17.4. The molecule has 1 aromatic carbocycles. The number of carbonyl (C=O) groups is 1. The third-order valence-electron chi connectivity index (χ3n) is 5.79. The van der Waals surface area contributed by atoms with Gasteiger partial charge in [-0.3, -0.25) is 9.97 Å². The molecule has 1 saturated heterocycles. The first-order valence-electron chi connectivity index (χ1n) is 10.8. The van der Waals surface area contributed by atoms with Crippen molar-refractivity contribution in [1.82, 2.24) is 20.2 Å². The standard InChI is InChI=1S/C26H22N4O3S/c1-32-25(31)19-6-4-5-18(15-19)21-8-9-22(33-21)24-23(20-7-2-3-12-28-20)29-26(34)30(24)16-17-10-13-27-14-11-17/h2-15,23-24H,16H2,1H3,(H,29,34)/t23-,24+/m1/s1. The van der Waals surface area contributed by atoms with Gasteiger partial charge in [-0.05, 0) is 66.3 Å². The summed E-state index contributed by atoms with van der Waals surface area (Å²) in [4.78, 5) is 22.8. The molecule has 34 heavy (non-hydrogen) atoms. The van der Waals surface area contributed by atoms with Crippen molar-refractivity contribution in [3.63, 3.8) is 0 Å². The van der Waals surface area contributed by atoms with E-state index in [-0.39, 0.29) is 12.1 Å². The van der Waals surface area contributed by atoms with Crippen LogP contribution >= 0.6 is 12.2 Å². The van der Waals surface area contributed by atoms with Crippen LogP contribution in [0.1, 0.15) is 39.5 Å². The Labute approximate surface area is 202 Å². The van der Waals surface area contributed by atoms with E-state index in [2.05, 4.69) is 20.2 Å². The molecule has 0 bridgehead atoms. The van der Waals surface area contributed by atoms with Crippen molar-refractivity contribution in [2.75, 3.05) is 7.11 Å². The Hall–Kier alpha value is -4.04. The summed E-state index contributed by atoms with van der Waals surface area (Å²) < 4.78 is 11.2. The number of thiocarbonyl (C=S) groups is 1. The van der Waals surface area contributed by atoms with Gasteiger partial charge in [0, 0.05) is 30.7 Å². The maximum Gasteiger partial charge on any atom is 0.337 e. The van der Waals surface area contributed by atoms with Crippen LogP contribution < -0.4 is 5.32 Å². The lowest BCUT2D eigenvalue weighted by atomic mass is 10.0. The number of furan rings is 1. The van der Waals surface area contributed by atoms with Crippen molar-refractivity contribution in [1.29, 1.82) is 0 Å². The second kappa shape index (κ2) is 9.44. The quantitative estimate of drug-likeness (QED) is 0.321. The Morgan fingerprint density at radius 2 is 1.94 bits per heavy atom. The van der Waals surface area contributed by atoms with Crippen LogP contribution in [0.3, 0.4) is 0 Å². The molecule has 1 fully saturated rings. The maximum atomic E-state index is 12.0. The number of ether oxygens (including phenoxy) is 1. The Kier molecular flexibility index (Phi) is 6.05. The molecule has 170 valence electrons. The molecule has 1 aliphatic rings. The van der Waals surface area contributed by atoms with E-state index in [4.69, 9.17) is 21.4 Å². The van der Waals surface area contributed by atoms with Crippen molar-refractivity contribution in [3.05, 3.63) is 108 Å². The zero-order chi connectivity index (χ0) is 23.5. The SMILES string of the molecule is COC(=O)c1cccc(-c2ccc([C@H]3[C@@H](c4ccccn4)NC(=S)N3Cc3ccncc3)o2)c1. The molecule has 4 aromatic rings. The van der Waals surface area contributed by atoms with Crippen molar-refractivity contribution in [2.24, 2.45) is 0 Å². The van der Waals surface area contributed by atoms with Crippen LogP contribution in [0.4, 0.5) is 0 Å². The van der Waals surface area contributed by atoms with Gasteiger partial charge in [0.15, 0.2) is 5.11 Å². The van der Waals surface area contributed by atoms with Gasteiger partial charge in [-0.15, -0.1) is 0 Å². The van der Waals surface area contributed by atoms with Crippen molar-refractivity contribution in [2.45, 2.75) is 18.6 Å². The van der Waals surface area contributed by atoms with Crippen molar-refractivity contribution >= 4 is 23.3 Å².